The van der Waals surface area contributed by atoms with Crippen LogP contribution in [-0.4, -0.2) is 25.1 Å². The van der Waals surface area contributed by atoms with Crippen molar-refractivity contribution in [1.29, 1.82) is 0 Å². The Labute approximate surface area is 121 Å². The summed E-state index contributed by atoms with van der Waals surface area (Å²) in [4.78, 5) is 7.10. The van der Waals surface area contributed by atoms with Crippen molar-refractivity contribution < 1.29 is 0 Å². The molecular formula is C15H24ClN3. The van der Waals surface area contributed by atoms with Crippen LogP contribution in [0.5, 0.6) is 0 Å². The van der Waals surface area contributed by atoms with Crippen molar-refractivity contribution in [2.75, 3.05) is 25.0 Å². The molecule has 0 unspecified atom stereocenters. The van der Waals surface area contributed by atoms with Crippen molar-refractivity contribution in [3.63, 3.8) is 0 Å². The smallest absolute Gasteiger partial charge is 0.128 e. The standard InChI is InChI=1S/C15H24ClN3/c1-15(2)7-4-9-19(10-8-15)14-6-5-12(16)13(18-14)11-17-3/h5-6,17H,4,7-11H2,1-3H3. The highest BCUT2D eigenvalue weighted by Crippen LogP contribution is 2.31. The van der Waals surface area contributed by atoms with Gasteiger partial charge in [0, 0.05) is 19.6 Å². The highest BCUT2D eigenvalue weighted by molar-refractivity contribution is 6.31. The Morgan fingerprint density at radius 2 is 2.11 bits per heavy atom. The molecule has 0 spiro atoms. The molecule has 1 saturated heterocycles. The van der Waals surface area contributed by atoms with E-state index in [-0.39, 0.29) is 0 Å². The molecule has 19 heavy (non-hydrogen) atoms. The number of hydrogen-bond acceptors (Lipinski definition) is 3. The predicted octanol–water partition coefficient (Wildman–Crippen LogP) is 3.47. The van der Waals surface area contributed by atoms with Crippen LogP contribution in [0.4, 0.5) is 5.82 Å². The van der Waals surface area contributed by atoms with Gasteiger partial charge >= 0.3 is 0 Å². The maximum Gasteiger partial charge on any atom is 0.128 e. The first-order chi connectivity index (χ1) is 9.02. The van der Waals surface area contributed by atoms with Gasteiger partial charge in [0.15, 0.2) is 0 Å². The first-order valence-corrected chi connectivity index (χ1v) is 7.45. The molecule has 0 aliphatic carbocycles. The van der Waals surface area contributed by atoms with Gasteiger partial charge in [-0.25, -0.2) is 4.98 Å². The number of nitrogens with zero attached hydrogens (tertiary/aromatic N) is 2. The lowest BCUT2D eigenvalue weighted by Gasteiger charge is -2.24. The molecule has 1 aliphatic rings. The summed E-state index contributed by atoms with van der Waals surface area (Å²) in [6.45, 7) is 7.61. The van der Waals surface area contributed by atoms with E-state index in [1.807, 2.05) is 19.2 Å². The average molecular weight is 282 g/mol. The van der Waals surface area contributed by atoms with Crippen molar-refractivity contribution in [1.82, 2.24) is 10.3 Å². The molecule has 0 saturated carbocycles. The molecular weight excluding hydrogens is 258 g/mol. The molecule has 0 bridgehead atoms. The second-order valence-corrected chi connectivity index (χ2v) is 6.54. The number of anilines is 1. The third kappa shape index (κ3) is 3.83. The fourth-order valence-corrected chi connectivity index (χ4v) is 2.76. The van der Waals surface area contributed by atoms with Gasteiger partial charge in [0.2, 0.25) is 0 Å². The fourth-order valence-electron chi connectivity index (χ4n) is 2.59. The van der Waals surface area contributed by atoms with Gasteiger partial charge in [-0.15, -0.1) is 0 Å². The van der Waals surface area contributed by atoms with Gasteiger partial charge in [0.1, 0.15) is 5.82 Å². The number of rotatable bonds is 3. The zero-order chi connectivity index (χ0) is 13.9. The highest BCUT2D eigenvalue weighted by Gasteiger charge is 2.23. The Hall–Kier alpha value is -0.800. The monoisotopic (exact) mass is 281 g/mol. The highest BCUT2D eigenvalue weighted by atomic mass is 35.5. The van der Waals surface area contributed by atoms with Crippen LogP contribution in [0.3, 0.4) is 0 Å². The minimum Gasteiger partial charge on any atom is -0.357 e. The Bertz CT molecular complexity index is 431. The summed E-state index contributed by atoms with van der Waals surface area (Å²) in [6.07, 6.45) is 3.75. The fraction of sp³-hybridized carbons (Fsp3) is 0.667. The molecule has 0 radical (unpaired) electrons. The van der Waals surface area contributed by atoms with Crippen molar-refractivity contribution in [2.24, 2.45) is 5.41 Å². The van der Waals surface area contributed by atoms with Gasteiger partial charge < -0.3 is 10.2 Å². The second-order valence-electron chi connectivity index (χ2n) is 6.13. The lowest BCUT2D eigenvalue weighted by atomic mass is 9.85. The van der Waals surface area contributed by atoms with Crippen LogP contribution < -0.4 is 10.2 Å². The summed E-state index contributed by atoms with van der Waals surface area (Å²) < 4.78 is 0. The molecule has 0 aromatic carbocycles. The van der Waals surface area contributed by atoms with E-state index in [0.717, 1.165) is 29.6 Å². The summed E-state index contributed by atoms with van der Waals surface area (Å²) in [6, 6.07) is 4.01. The minimum atomic E-state index is 0.453. The number of nitrogens with one attached hydrogen (secondary N) is 1. The van der Waals surface area contributed by atoms with Gasteiger partial charge in [-0.05, 0) is 43.9 Å². The topological polar surface area (TPSA) is 28.2 Å². The second kappa shape index (κ2) is 6.10. The van der Waals surface area contributed by atoms with E-state index in [9.17, 15) is 0 Å². The normalized spacial score (nSPS) is 19.3. The Kier molecular flexibility index (Phi) is 4.69. The van der Waals surface area contributed by atoms with E-state index in [2.05, 4.69) is 24.1 Å². The van der Waals surface area contributed by atoms with Crippen LogP contribution >= 0.6 is 11.6 Å². The zero-order valence-electron chi connectivity index (χ0n) is 12.2. The van der Waals surface area contributed by atoms with E-state index in [1.54, 1.807) is 0 Å². The third-order valence-corrected chi connectivity index (χ3v) is 4.26. The van der Waals surface area contributed by atoms with Crippen molar-refractivity contribution in [2.45, 2.75) is 39.7 Å². The van der Waals surface area contributed by atoms with Crippen LogP contribution in [-0.2, 0) is 6.54 Å². The average Bonchev–Trinajstić information content (AvgIpc) is 2.53. The largest absolute Gasteiger partial charge is 0.357 e. The molecule has 2 heterocycles. The first kappa shape index (κ1) is 14.6. The van der Waals surface area contributed by atoms with Crippen LogP contribution in [0, 0.1) is 5.41 Å². The molecule has 1 fully saturated rings. The molecule has 4 heteroatoms. The summed E-state index contributed by atoms with van der Waals surface area (Å²) in [5.74, 6) is 1.06. The quantitative estimate of drug-likeness (QED) is 0.919. The molecule has 106 valence electrons. The Morgan fingerprint density at radius 1 is 1.32 bits per heavy atom. The lowest BCUT2D eigenvalue weighted by Crippen LogP contribution is -2.26. The Morgan fingerprint density at radius 3 is 2.84 bits per heavy atom. The van der Waals surface area contributed by atoms with Gasteiger partial charge in [0.25, 0.3) is 0 Å². The van der Waals surface area contributed by atoms with Gasteiger partial charge in [-0.1, -0.05) is 25.4 Å². The SMILES string of the molecule is CNCc1nc(N2CCCC(C)(C)CC2)ccc1Cl. The van der Waals surface area contributed by atoms with Crippen LogP contribution in [0.25, 0.3) is 0 Å². The number of halogens is 1. The molecule has 3 nitrogen and oxygen atoms in total. The van der Waals surface area contributed by atoms with Crippen molar-refractivity contribution in [3.05, 3.63) is 22.8 Å². The predicted molar refractivity (Wildman–Crippen MR) is 81.9 cm³/mol. The Balaban J connectivity index is 2.15. The summed E-state index contributed by atoms with van der Waals surface area (Å²) in [5, 5.41) is 3.86. The molecule has 2 rings (SSSR count). The lowest BCUT2D eigenvalue weighted by molar-refractivity contribution is 0.325. The first-order valence-electron chi connectivity index (χ1n) is 7.07. The van der Waals surface area contributed by atoms with Gasteiger partial charge in [0.05, 0.1) is 10.7 Å². The molecule has 0 amide bonds. The van der Waals surface area contributed by atoms with E-state index >= 15 is 0 Å². The number of hydrogen-bond donors (Lipinski definition) is 1. The van der Waals surface area contributed by atoms with Crippen LogP contribution in [0.2, 0.25) is 5.02 Å². The van der Waals surface area contributed by atoms with E-state index in [4.69, 9.17) is 16.6 Å². The van der Waals surface area contributed by atoms with Gasteiger partial charge in [-0.2, -0.15) is 0 Å². The summed E-state index contributed by atoms with van der Waals surface area (Å²) in [5.41, 5.74) is 1.39. The van der Waals surface area contributed by atoms with Crippen LogP contribution in [0.1, 0.15) is 38.8 Å². The maximum atomic E-state index is 6.17. The van der Waals surface area contributed by atoms with Gasteiger partial charge in [-0.3, -0.25) is 0 Å². The van der Waals surface area contributed by atoms with Crippen LogP contribution in [0.15, 0.2) is 12.1 Å². The molecule has 1 aromatic rings. The molecule has 0 atom stereocenters. The summed E-state index contributed by atoms with van der Waals surface area (Å²) in [7, 11) is 1.92. The van der Waals surface area contributed by atoms with E-state index in [1.165, 1.54) is 19.3 Å². The number of aromatic nitrogens is 1. The molecule has 1 aliphatic heterocycles. The molecule has 1 N–H and O–H groups in total. The van der Waals surface area contributed by atoms with Crippen molar-refractivity contribution >= 4 is 17.4 Å². The van der Waals surface area contributed by atoms with E-state index < -0.39 is 0 Å². The maximum absolute atomic E-state index is 6.17. The molecule has 1 aromatic heterocycles. The minimum absolute atomic E-state index is 0.453. The van der Waals surface area contributed by atoms with Crippen molar-refractivity contribution in [3.8, 4) is 0 Å². The number of pyridine rings is 1. The third-order valence-electron chi connectivity index (χ3n) is 3.91. The zero-order valence-corrected chi connectivity index (χ0v) is 12.9. The van der Waals surface area contributed by atoms with E-state index in [0.29, 0.717) is 12.0 Å². The summed E-state index contributed by atoms with van der Waals surface area (Å²) >= 11 is 6.17.